The van der Waals surface area contributed by atoms with Gasteiger partial charge in [-0.1, -0.05) is 18.1 Å². The summed E-state index contributed by atoms with van der Waals surface area (Å²) >= 11 is 0. The molecule has 2 aromatic rings. The van der Waals surface area contributed by atoms with Crippen molar-refractivity contribution in [1.29, 1.82) is 0 Å². The first-order valence-corrected chi connectivity index (χ1v) is 6.91. The van der Waals surface area contributed by atoms with Crippen molar-refractivity contribution in [3.8, 4) is 29.5 Å². The Morgan fingerprint density at radius 3 is 2.95 bits per heavy atom. The molecule has 0 saturated carbocycles. The lowest BCUT2D eigenvalue weighted by molar-refractivity contribution is -0.135. The van der Waals surface area contributed by atoms with Gasteiger partial charge in [0.2, 0.25) is 11.8 Å². The van der Waals surface area contributed by atoms with Gasteiger partial charge < -0.3 is 14.1 Å². The Kier molecular flexibility index (Phi) is 3.79. The fourth-order valence-electron chi connectivity index (χ4n) is 2.28. The summed E-state index contributed by atoms with van der Waals surface area (Å²) in [6.07, 6.45) is 5.39. The highest BCUT2D eigenvalue weighted by atomic mass is 16.5. The van der Waals surface area contributed by atoms with Crippen LogP contribution in [0.4, 0.5) is 0 Å². The van der Waals surface area contributed by atoms with E-state index in [9.17, 15) is 4.79 Å². The summed E-state index contributed by atoms with van der Waals surface area (Å²) in [4.78, 5) is 13.7. The monoisotopic (exact) mass is 297 g/mol. The maximum absolute atomic E-state index is 12.0. The molecule has 1 aromatic heterocycles. The molecule has 1 aromatic carbocycles. The molecule has 0 unspecified atom stereocenters. The number of nitrogens with zero attached hydrogens (tertiary/aromatic N) is 3. The van der Waals surface area contributed by atoms with Crippen LogP contribution in [0, 0.1) is 18.3 Å². The fraction of sp³-hybridized carbons (Fsp3) is 0.312. The molecule has 1 aliphatic rings. The molecule has 0 atom stereocenters. The Morgan fingerprint density at radius 1 is 1.45 bits per heavy atom. The number of carbonyl (C=O) groups is 1. The van der Waals surface area contributed by atoms with Crippen LogP contribution in [-0.4, -0.2) is 41.2 Å². The highest BCUT2D eigenvalue weighted by Gasteiger charge is 2.30. The molecule has 1 aliphatic heterocycles. The second-order valence-electron chi connectivity index (χ2n) is 5.04. The summed E-state index contributed by atoms with van der Waals surface area (Å²) in [5.41, 5.74) is 0.701. The molecule has 0 spiro atoms. The zero-order valence-corrected chi connectivity index (χ0v) is 12.2. The van der Waals surface area contributed by atoms with E-state index in [1.54, 1.807) is 12.0 Å². The predicted octanol–water partition coefficient (Wildman–Crippen LogP) is 1.38. The number of amides is 1. The fourth-order valence-corrected chi connectivity index (χ4v) is 2.28. The molecule has 2 heterocycles. The zero-order chi connectivity index (χ0) is 15.5. The average molecular weight is 297 g/mol. The number of ether oxygens (including phenoxy) is 1. The molecule has 6 nitrogen and oxygen atoms in total. The van der Waals surface area contributed by atoms with Gasteiger partial charge in [0.25, 0.3) is 5.89 Å². The van der Waals surface area contributed by atoms with Gasteiger partial charge in [-0.2, -0.15) is 0 Å². The van der Waals surface area contributed by atoms with Crippen LogP contribution in [0.2, 0.25) is 0 Å². The predicted molar refractivity (Wildman–Crippen MR) is 78.9 cm³/mol. The SMILES string of the molecule is C#CC1CN(C(=O)Cc2nnc(-c3ccccc3OC)o2)C1. The summed E-state index contributed by atoms with van der Waals surface area (Å²) < 4.78 is 10.8. The normalized spacial score (nSPS) is 14.3. The molecule has 0 aliphatic carbocycles. The first kappa shape index (κ1) is 14.1. The second kappa shape index (κ2) is 5.90. The Morgan fingerprint density at radius 2 is 2.23 bits per heavy atom. The van der Waals surface area contributed by atoms with Crippen molar-refractivity contribution in [3.05, 3.63) is 30.2 Å². The highest BCUT2D eigenvalue weighted by molar-refractivity contribution is 5.78. The van der Waals surface area contributed by atoms with Crippen molar-refractivity contribution in [1.82, 2.24) is 15.1 Å². The van der Waals surface area contributed by atoms with Crippen molar-refractivity contribution in [3.63, 3.8) is 0 Å². The van der Waals surface area contributed by atoms with Gasteiger partial charge in [-0.3, -0.25) is 4.79 Å². The second-order valence-corrected chi connectivity index (χ2v) is 5.04. The van der Waals surface area contributed by atoms with Crippen LogP contribution in [0.3, 0.4) is 0 Å². The van der Waals surface area contributed by atoms with Gasteiger partial charge in [0.15, 0.2) is 0 Å². The van der Waals surface area contributed by atoms with Crippen LogP contribution in [0.5, 0.6) is 5.75 Å². The van der Waals surface area contributed by atoms with E-state index in [0.29, 0.717) is 30.3 Å². The number of carbonyl (C=O) groups excluding carboxylic acids is 1. The molecule has 1 saturated heterocycles. The summed E-state index contributed by atoms with van der Waals surface area (Å²) in [5.74, 6) is 4.01. The number of benzene rings is 1. The Balaban J connectivity index is 1.69. The van der Waals surface area contributed by atoms with Gasteiger partial charge in [0.05, 0.1) is 18.6 Å². The Hall–Kier alpha value is -2.81. The standard InChI is InChI=1S/C16H15N3O3/c1-3-11-9-19(10-11)15(20)8-14-17-18-16(22-14)12-6-4-5-7-13(12)21-2/h1,4-7,11H,8-10H2,2H3. The van der Waals surface area contributed by atoms with Gasteiger partial charge in [-0.15, -0.1) is 16.6 Å². The van der Waals surface area contributed by atoms with Gasteiger partial charge in [0, 0.05) is 13.1 Å². The van der Waals surface area contributed by atoms with Gasteiger partial charge in [0.1, 0.15) is 12.2 Å². The summed E-state index contributed by atoms with van der Waals surface area (Å²) in [6, 6.07) is 7.34. The number of hydrogen-bond donors (Lipinski definition) is 0. The maximum atomic E-state index is 12.0. The third-order valence-electron chi connectivity index (χ3n) is 3.58. The van der Waals surface area contributed by atoms with Crippen molar-refractivity contribution in [2.24, 2.45) is 5.92 Å². The molecular formula is C16H15N3O3. The minimum Gasteiger partial charge on any atom is -0.496 e. The van der Waals surface area contributed by atoms with E-state index in [1.807, 2.05) is 24.3 Å². The van der Waals surface area contributed by atoms with Crippen LogP contribution in [0.25, 0.3) is 11.5 Å². The van der Waals surface area contributed by atoms with Gasteiger partial charge >= 0.3 is 0 Å². The van der Waals surface area contributed by atoms with Crippen LogP contribution in [0.1, 0.15) is 5.89 Å². The molecule has 0 N–H and O–H groups in total. The van der Waals surface area contributed by atoms with Crippen LogP contribution in [-0.2, 0) is 11.2 Å². The molecule has 1 amide bonds. The minimum atomic E-state index is -0.0540. The molecule has 3 rings (SSSR count). The third-order valence-corrected chi connectivity index (χ3v) is 3.58. The lowest BCUT2D eigenvalue weighted by Crippen LogP contribution is -2.49. The van der Waals surface area contributed by atoms with E-state index < -0.39 is 0 Å². The number of para-hydroxylation sites is 1. The van der Waals surface area contributed by atoms with E-state index >= 15 is 0 Å². The molecule has 22 heavy (non-hydrogen) atoms. The first-order valence-electron chi connectivity index (χ1n) is 6.91. The summed E-state index contributed by atoms with van der Waals surface area (Å²) in [6.45, 7) is 1.20. The number of rotatable bonds is 4. The lowest BCUT2D eigenvalue weighted by atomic mass is 10.0. The molecule has 6 heteroatoms. The van der Waals surface area contributed by atoms with Gasteiger partial charge in [-0.05, 0) is 12.1 Å². The van der Waals surface area contributed by atoms with Crippen molar-refractivity contribution >= 4 is 5.91 Å². The molecule has 112 valence electrons. The highest BCUT2D eigenvalue weighted by Crippen LogP contribution is 2.28. The Labute approximate surface area is 128 Å². The maximum Gasteiger partial charge on any atom is 0.251 e. The Bertz CT molecular complexity index is 726. The molecule has 0 bridgehead atoms. The van der Waals surface area contributed by atoms with Crippen molar-refractivity contribution in [2.75, 3.05) is 20.2 Å². The van der Waals surface area contributed by atoms with Crippen molar-refractivity contribution in [2.45, 2.75) is 6.42 Å². The smallest absolute Gasteiger partial charge is 0.251 e. The van der Waals surface area contributed by atoms with Crippen LogP contribution in [0.15, 0.2) is 28.7 Å². The van der Waals surface area contributed by atoms with Crippen LogP contribution >= 0.6 is 0 Å². The molecule has 1 fully saturated rings. The number of hydrogen-bond acceptors (Lipinski definition) is 5. The van der Waals surface area contributed by atoms with Crippen LogP contribution < -0.4 is 4.74 Å². The number of methoxy groups -OCH3 is 1. The molecular weight excluding hydrogens is 282 g/mol. The summed E-state index contributed by atoms with van der Waals surface area (Å²) in [5, 5.41) is 7.91. The average Bonchev–Trinajstić information content (AvgIpc) is 2.94. The van der Waals surface area contributed by atoms with E-state index in [-0.39, 0.29) is 24.1 Å². The number of terminal acetylenes is 1. The lowest BCUT2D eigenvalue weighted by Gasteiger charge is -2.36. The number of likely N-dealkylation sites (tertiary alicyclic amines) is 1. The van der Waals surface area contributed by atoms with E-state index in [0.717, 1.165) is 0 Å². The number of aromatic nitrogens is 2. The molecule has 0 radical (unpaired) electrons. The first-order chi connectivity index (χ1) is 10.7. The minimum absolute atomic E-state index is 0.0540. The quantitative estimate of drug-likeness (QED) is 0.797. The van der Waals surface area contributed by atoms with E-state index in [1.165, 1.54) is 0 Å². The van der Waals surface area contributed by atoms with E-state index in [2.05, 4.69) is 16.1 Å². The zero-order valence-electron chi connectivity index (χ0n) is 12.2. The van der Waals surface area contributed by atoms with Gasteiger partial charge in [-0.25, -0.2) is 0 Å². The van der Waals surface area contributed by atoms with E-state index in [4.69, 9.17) is 15.6 Å². The largest absolute Gasteiger partial charge is 0.496 e. The van der Waals surface area contributed by atoms with Crippen molar-refractivity contribution < 1.29 is 13.9 Å². The summed E-state index contributed by atoms with van der Waals surface area (Å²) in [7, 11) is 1.57. The third kappa shape index (κ3) is 2.66. The topological polar surface area (TPSA) is 68.5 Å².